The number of nitrogens with two attached hydrogens (primary N) is 1. The second-order valence-electron chi connectivity index (χ2n) is 4.25. The molecule has 0 aliphatic rings. The van der Waals surface area contributed by atoms with Crippen molar-refractivity contribution in [3.63, 3.8) is 0 Å². The molecular weight excluding hydrogens is 236 g/mol. The first-order valence-electron chi connectivity index (χ1n) is 5.75. The van der Waals surface area contributed by atoms with E-state index in [0.29, 0.717) is 24.6 Å². The summed E-state index contributed by atoms with van der Waals surface area (Å²) in [6.07, 6.45) is 4.03. The van der Waals surface area contributed by atoms with Gasteiger partial charge in [-0.3, -0.25) is 14.3 Å². The molecule has 1 heterocycles. The van der Waals surface area contributed by atoms with Crippen LogP contribution in [0.5, 0.6) is 0 Å². The molecule has 0 aromatic carbocycles. The van der Waals surface area contributed by atoms with E-state index in [0.717, 1.165) is 6.42 Å². The molecule has 1 aromatic rings. The molecule has 4 N–H and O–H groups in total. The molecule has 1 rings (SSSR count). The molecule has 1 aromatic heterocycles. The van der Waals surface area contributed by atoms with Gasteiger partial charge in [-0.05, 0) is 18.9 Å². The minimum Gasteiger partial charge on any atom is -0.480 e. The summed E-state index contributed by atoms with van der Waals surface area (Å²) < 4.78 is 1.25. The van der Waals surface area contributed by atoms with Gasteiger partial charge < -0.3 is 16.2 Å². The van der Waals surface area contributed by atoms with Gasteiger partial charge in [-0.25, -0.2) is 0 Å². The van der Waals surface area contributed by atoms with E-state index >= 15 is 0 Å². The van der Waals surface area contributed by atoms with Crippen molar-refractivity contribution in [1.82, 2.24) is 9.78 Å². The molecule has 0 saturated carbocycles. The monoisotopic (exact) mass is 254 g/mol. The largest absolute Gasteiger partial charge is 0.480 e. The Kier molecular flexibility index (Phi) is 5.31. The Balaban J connectivity index is 2.40. The first kappa shape index (κ1) is 14.2. The molecule has 0 bridgehead atoms. The van der Waals surface area contributed by atoms with E-state index in [2.05, 4.69) is 10.4 Å². The lowest BCUT2D eigenvalue weighted by atomic mass is 10.1. The molecule has 7 heteroatoms. The highest BCUT2D eigenvalue weighted by Crippen LogP contribution is 2.08. The SMILES string of the molecule is CC(CN)CCC(=O)Nc1cnn(CC(=O)O)c1. The molecule has 100 valence electrons. The lowest BCUT2D eigenvalue weighted by molar-refractivity contribution is -0.137. The maximum Gasteiger partial charge on any atom is 0.325 e. The summed E-state index contributed by atoms with van der Waals surface area (Å²) in [6, 6.07) is 0. The quantitative estimate of drug-likeness (QED) is 0.647. The van der Waals surface area contributed by atoms with Gasteiger partial charge in [0, 0.05) is 12.6 Å². The minimum absolute atomic E-state index is 0.120. The number of amides is 1. The second-order valence-corrected chi connectivity index (χ2v) is 4.25. The minimum atomic E-state index is -0.979. The van der Waals surface area contributed by atoms with Crippen LogP contribution in [0, 0.1) is 5.92 Å². The Bertz CT molecular complexity index is 416. The number of hydrogen-bond acceptors (Lipinski definition) is 4. The predicted molar refractivity (Wildman–Crippen MR) is 65.9 cm³/mol. The number of carbonyl (C=O) groups excluding carboxylic acids is 1. The van der Waals surface area contributed by atoms with Crippen molar-refractivity contribution < 1.29 is 14.7 Å². The number of nitrogens with zero attached hydrogens (tertiary/aromatic N) is 2. The first-order chi connectivity index (χ1) is 8.51. The summed E-state index contributed by atoms with van der Waals surface area (Å²) in [6.45, 7) is 2.32. The fourth-order valence-electron chi connectivity index (χ4n) is 1.37. The Morgan fingerprint density at radius 3 is 2.94 bits per heavy atom. The Hall–Kier alpha value is -1.89. The van der Waals surface area contributed by atoms with E-state index in [9.17, 15) is 9.59 Å². The summed E-state index contributed by atoms with van der Waals surface area (Å²) in [4.78, 5) is 22.0. The number of anilines is 1. The van der Waals surface area contributed by atoms with Crippen LogP contribution in [0.1, 0.15) is 19.8 Å². The van der Waals surface area contributed by atoms with Crippen molar-refractivity contribution >= 4 is 17.6 Å². The van der Waals surface area contributed by atoms with Gasteiger partial charge in [-0.15, -0.1) is 0 Å². The van der Waals surface area contributed by atoms with E-state index in [4.69, 9.17) is 10.8 Å². The first-order valence-corrected chi connectivity index (χ1v) is 5.75. The van der Waals surface area contributed by atoms with Crippen LogP contribution in [0.3, 0.4) is 0 Å². The van der Waals surface area contributed by atoms with Gasteiger partial charge in [0.25, 0.3) is 0 Å². The topological polar surface area (TPSA) is 110 Å². The molecule has 0 aliphatic heterocycles. The Morgan fingerprint density at radius 1 is 1.61 bits per heavy atom. The van der Waals surface area contributed by atoms with Crippen LogP contribution in [-0.4, -0.2) is 33.3 Å². The second kappa shape index (κ2) is 6.75. The van der Waals surface area contributed by atoms with Crippen molar-refractivity contribution in [2.75, 3.05) is 11.9 Å². The van der Waals surface area contributed by atoms with Crippen molar-refractivity contribution in [1.29, 1.82) is 0 Å². The zero-order chi connectivity index (χ0) is 13.5. The van der Waals surface area contributed by atoms with Gasteiger partial charge in [-0.1, -0.05) is 6.92 Å². The molecule has 18 heavy (non-hydrogen) atoms. The fourth-order valence-corrected chi connectivity index (χ4v) is 1.37. The molecular formula is C11H18N4O3. The summed E-state index contributed by atoms with van der Waals surface area (Å²) in [7, 11) is 0. The summed E-state index contributed by atoms with van der Waals surface area (Å²) >= 11 is 0. The molecule has 7 nitrogen and oxygen atoms in total. The maximum atomic E-state index is 11.6. The van der Waals surface area contributed by atoms with Gasteiger partial charge >= 0.3 is 5.97 Å². The number of nitrogens with one attached hydrogen (secondary N) is 1. The third kappa shape index (κ3) is 4.96. The van der Waals surface area contributed by atoms with Crippen LogP contribution >= 0.6 is 0 Å². The number of rotatable bonds is 7. The van der Waals surface area contributed by atoms with Gasteiger partial charge in [0.1, 0.15) is 6.54 Å². The van der Waals surface area contributed by atoms with Crippen LogP contribution in [0.25, 0.3) is 0 Å². The molecule has 0 radical (unpaired) electrons. The van der Waals surface area contributed by atoms with Crippen LogP contribution in [0.4, 0.5) is 5.69 Å². The van der Waals surface area contributed by atoms with Gasteiger partial charge in [-0.2, -0.15) is 5.10 Å². The Morgan fingerprint density at radius 2 is 2.33 bits per heavy atom. The lowest BCUT2D eigenvalue weighted by Crippen LogP contribution is -2.16. The van der Waals surface area contributed by atoms with Crippen molar-refractivity contribution in [3.8, 4) is 0 Å². The number of aliphatic carboxylic acids is 1. The maximum absolute atomic E-state index is 11.6. The van der Waals surface area contributed by atoms with Crippen LogP contribution in [0.15, 0.2) is 12.4 Å². The average molecular weight is 254 g/mol. The van der Waals surface area contributed by atoms with E-state index in [-0.39, 0.29) is 12.5 Å². The van der Waals surface area contributed by atoms with E-state index in [1.54, 1.807) is 0 Å². The fraction of sp³-hybridized carbons (Fsp3) is 0.545. The molecule has 0 spiro atoms. The highest BCUT2D eigenvalue weighted by Gasteiger charge is 2.08. The number of carboxylic acid groups (broad SMARTS) is 1. The zero-order valence-corrected chi connectivity index (χ0v) is 10.3. The van der Waals surface area contributed by atoms with Crippen molar-refractivity contribution in [2.24, 2.45) is 11.7 Å². The average Bonchev–Trinajstić information content (AvgIpc) is 2.72. The summed E-state index contributed by atoms with van der Waals surface area (Å²) in [5.41, 5.74) is 5.96. The number of carbonyl (C=O) groups is 2. The van der Waals surface area contributed by atoms with Gasteiger partial charge in [0.05, 0.1) is 11.9 Å². The van der Waals surface area contributed by atoms with E-state index in [1.807, 2.05) is 6.92 Å². The van der Waals surface area contributed by atoms with Crippen LogP contribution < -0.4 is 11.1 Å². The van der Waals surface area contributed by atoms with Crippen molar-refractivity contribution in [3.05, 3.63) is 12.4 Å². The van der Waals surface area contributed by atoms with Crippen LogP contribution in [-0.2, 0) is 16.1 Å². The zero-order valence-electron chi connectivity index (χ0n) is 10.3. The third-order valence-electron chi connectivity index (χ3n) is 2.48. The molecule has 0 aliphatic carbocycles. The van der Waals surface area contributed by atoms with Gasteiger partial charge in [0.2, 0.25) is 5.91 Å². The smallest absolute Gasteiger partial charge is 0.325 e. The normalized spacial score (nSPS) is 12.1. The molecule has 1 amide bonds. The van der Waals surface area contributed by atoms with Gasteiger partial charge in [0.15, 0.2) is 0 Å². The molecule has 1 atom stereocenters. The lowest BCUT2D eigenvalue weighted by Gasteiger charge is -2.07. The van der Waals surface area contributed by atoms with Crippen LogP contribution in [0.2, 0.25) is 0 Å². The standard InChI is InChI=1S/C11H18N4O3/c1-8(4-12)2-3-10(16)14-9-5-13-15(6-9)7-11(17)18/h5-6,8H,2-4,7,12H2,1H3,(H,14,16)(H,17,18). The number of carboxylic acids is 1. The van der Waals surface area contributed by atoms with Crippen molar-refractivity contribution in [2.45, 2.75) is 26.3 Å². The molecule has 1 unspecified atom stereocenters. The summed E-state index contributed by atoms with van der Waals surface area (Å²) in [5.74, 6) is -0.789. The van der Waals surface area contributed by atoms with E-state index < -0.39 is 5.97 Å². The number of aromatic nitrogens is 2. The van der Waals surface area contributed by atoms with E-state index in [1.165, 1.54) is 17.1 Å². The third-order valence-corrected chi connectivity index (χ3v) is 2.48. The summed E-state index contributed by atoms with van der Waals surface area (Å²) in [5, 5.41) is 15.1. The Labute approximate surface area is 105 Å². The molecule has 0 saturated heterocycles. The highest BCUT2D eigenvalue weighted by molar-refractivity contribution is 5.90. The highest BCUT2D eigenvalue weighted by atomic mass is 16.4. The number of hydrogen-bond donors (Lipinski definition) is 3. The predicted octanol–water partition coefficient (Wildman–Crippen LogP) is 0.281. The molecule has 0 fully saturated rings.